The SMILES string of the molecule is Cc1cc(CN(C)C(=O)[C@H]2[C@@H]3C=C[C@@]4(CN(c5ccc(C(C)C)cc5)C(=O)[C@@H]24)O3)on1. The van der Waals surface area contributed by atoms with Crippen LogP contribution in [-0.2, 0) is 20.9 Å². The first-order chi connectivity index (χ1) is 14.8. The molecular weight excluding hydrogens is 394 g/mol. The molecule has 1 aromatic carbocycles. The number of ether oxygens (including phenoxy) is 1. The predicted octanol–water partition coefficient (Wildman–Crippen LogP) is 3.05. The van der Waals surface area contributed by atoms with Crippen molar-refractivity contribution in [3.8, 4) is 0 Å². The third kappa shape index (κ3) is 3.10. The number of aromatic nitrogens is 1. The van der Waals surface area contributed by atoms with Gasteiger partial charge in [-0.2, -0.15) is 0 Å². The van der Waals surface area contributed by atoms with Gasteiger partial charge in [-0.1, -0.05) is 43.3 Å². The number of carbonyl (C=O) groups is 2. The standard InChI is InChI=1S/C24H27N3O4/c1-14(2)16-5-7-17(8-6-16)27-13-24-10-9-19(30-24)20(21(24)23(27)29)22(28)26(4)12-18-11-15(3)25-31-18/h5-11,14,19-21H,12-13H2,1-4H3/t19-,20-,21+,24-/m0/s1. The number of hydrogen-bond acceptors (Lipinski definition) is 5. The van der Waals surface area contributed by atoms with Crippen LogP contribution >= 0.6 is 0 Å². The zero-order valence-corrected chi connectivity index (χ0v) is 18.2. The molecule has 5 rings (SSSR count). The number of aryl methyl sites for hydroxylation is 1. The summed E-state index contributed by atoms with van der Waals surface area (Å²) in [5, 5.41) is 3.88. The van der Waals surface area contributed by atoms with Crippen molar-refractivity contribution in [2.75, 3.05) is 18.5 Å². The molecule has 0 radical (unpaired) electrons. The molecule has 2 aromatic rings. The van der Waals surface area contributed by atoms with Gasteiger partial charge in [0.15, 0.2) is 5.76 Å². The highest BCUT2D eigenvalue weighted by Gasteiger charge is 2.67. The van der Waals surface area contributed by atoms with E-state index in [-0.39, 0.29) is 17.9 Å². The topological polar surface area (TPSA) is 75.9 Å². The molecule has 1 spiro atoms. The number of nitrogens with zero attached hydrogens (tertiary/aromatic N) is 3. The number of fused-ring (bicyclic) bond motifs is 1. The second kappa shape index (κ2) is 7.05. The fraction of sp³-hybridized carbons (Fsp3) is 0.458. The molecule has 31 heavy (non-hydrogen) atoms. The van der Waals surface area contributed by atoms with Gasteiger partial charge in [-0.25, -0.2) is 0 Å². The summed E-state index contributed by atoms with van der Waals surface area (Å²) in [6, 6.07) is 9.89. The average Bonchev–Trinajstić information content (AvgIpc) is 3.49. The Balaban J connectivity index is 1.39. The molecule has 4 heterocycles. The highest BCUT2D eigenvalue weighted by Crippen LogP contribution is 2.53. The Bertz CT molecular complexity index is 1060. The number of carbonyl (C=O) groups excluding carboxylic acids is 2. The van der Waals surface area contributed by atoms with Gasteiger partial charge < -0.3 is 19.1 Å². The zero-order valence-electron chi connectivity index (χ0n) is 18.2. The van der Waals surface area contributed by atoms with E-state index in [1.54, 1.807) is 16.8 Å². The van der Waals surface area contributed by atoms with Crippen LogP contribution in [0.1, 0.15) is 36.8 Å². The number of hydrogen-bond donors (Lipinski definition) is 0. The molecule has 2 fully saturated rings. The zero-order chi connectivity index (χ0) is 21.9. The van der Waals surface area contributed by atoms with Crippen LogP contribution in [0, 0.1) is 18.8 Å². The van der Waals surface area contributed by atoms with E-state index >= 15 is 0 Å². The highest BCUT2D eigenvalue weighted by molar-refractivity contribution is 6.03. The van der Waals surface area contributed by atoms with Crippen molar-refractivity contribution in [1.29, 1.82) is 0 Å². The van der Waals surface area contributed by atoms with E-state index in [0.29, 0.717) is 24.8 Å². The number of anilines is 1. The molecule has 2 saturated heterocycles. The number of benzene rings is 1. The lowest BCUT2D eigenvalue weighted by Gasteiger charge is -2.27. The molecule has 7 heteroatoms. The molecule has 4 atom stereocenters. The minimum Gasteiger partial charge on any atom is -0.360 e. The molecule has 3 aliphatic heterocycles. The molecule has 0 unspecified atom stereocenters. The smallest absolute Gasteiger partial charge is 0.234 e. The minimum absolute atomic E-state index is 0.0496. The van der Waals surface area contributed by atoms with Gasteiger partial charge in [0.1, 0.15) is 5.60 Å². The normalized spacial score (nSPS) is 28.6. The summed E-state index contributed by atoms with van der Waals surface area (Å²) in [5.74, 6) is -0.168. The first kappa shape index (κ1) is 20.0. The van der Waals surface area contributed by atoms with Gasteiger partial charge >= 0.3 is 0 Å². The summed E-state index contributed by atoms with van der Waals surface area (Å²) in [7, 11) is 1.73. The molecule has 162 valence electrons. The van der Waals surface area contributed by atoms with Crippen molar-refractivity contribution in [1.82, 2.24) is 10.1 Å². The third-order valence-corrected chi connectivity index (χ3v) is 6.70. The van der Waals surface area contributed by atoms with Crippen molar-refractivity contribution in [3.63, 3.8) is 0 Å². The summed E-state index contributed by atoms with van der Waals surface area (Å²) in [6.45, 7) is 6.86. The van der Waals surface area contributed by atoms with Crippen molar-refractivity contribution in [2.24, 2.45) is 11.8 Å². The van der Waals surface area contributed by atoms with Crippen LogP contribution < -0.4 is 4.90 Å². The molecule has 0 saturated carbocycles. The van der Waals surface area contributed by atoms with Gasteiger partial charge in [-0.05, 0) is 30.5 Å². The molecular formula is C24H27N3O4. The quantitative estimate of drug-likeness (QED) is 0.694. The van der Waals surface area contributed by atoms with Gasteiger partial charge in [0, 0.05) is 18.8 Å². The Morgan fingerprint density at radius 3 is 2.71 bits per heavy atom. The van der Waals surface area contributed by atoms with Gasteiger partial charge in [0.2, 0.25) is 11.8 Å². The van der Waals surface area contributed by atoms with Gasteiger partial charge in [-0.3, -0.25) is 9.59 Å². The Kier molecular flexibility index (Phi) is 4.55. The minimum atomic E-state index is -0.734. The maximum absolute atomic E-state index is 13.5. The highest BCUT2D eigenvalue weighted by atomic mass is 16.5. The predicted molar refractivity (Wildman–Crippen MR) is 114 cm³/mol. The van der Waals surface area contributed by atoms with Crippen molar-refractivity contribution in [3.05, 3.63) is 59.5 Å². The largest absolute Gasteiger partial charge is 0.360 e. The Hall–Kier alpha value is -2.93. The van der Waals surface area contributed by atoms with Crippen LogP contribution in [0.3, 0.4) is 0 Å². The van der Waals surface area contributed by atoms with Gasteiger partial charge in [0.05, 0.1) is 36.7 Å². The first-order valence-corrected chi connectivity index (χ1v) is 10.7. The monoisotopic (exact) mass is 421 g/mol. The fourth-order valence-electron chi connectivity index (χ4n) is 5.09. The van der Waals surface area contributed by atoms with E-state index in [2.05, 4.69) is 31.1 Å². The van der Waals surface area contributed by atoms with Crippen LogP contribution in [0.15, 0.2) is 47.0 Å². The molecule has 1 aromatic heterocycles. The van der Waals surface area contributed by atoms with E-state index in [9.17, 15) is 9.59 Å². The van der Waals surface area contributed by atoms with Crippen molar-refractivity contribution < 1.29 is 18.8 Å². The third-order valence-electron chi connectivity index (χ3n) is 6.70. The molecule has 7 nitrogen and oxygen atoms in total. The van der Waals surface area contributed by atoms with Gasteiger partial charge in [-0.15, -0.1) is 0 Å². The molecule has 0 N–H and O–H groups in total. The van der Waals surface area contributed by atoms with Crippen LogP contribution in [-0.4, -0.2) is 47.2 Å². The maximum Gasteiger partial charge on any atom is 0.234 e. The van der Waals surface area contributed by atoms with Crippen LogP contribution in [0.2, 0.25) is 0 Å². The second-order valence-electron chi connectivity index (χ2n) is 9.20. The summed E-state index contributed by atoms with van der Waals surface area (Å²) < 4.78 is 11.5. The van der Waals surface area contributed by atoms with Crippen molar-refractivity contribution in [2.45, 2.75) is 44.9 Å². The number of rotatable bonds is 5. The van der Waals surface area contributed by atoms with E-state index in [1.165, 1.54) is 5.56 Å². The fourth-order valence-corrected chi connectivity index (χ4v) is 5.09. The van der Waals surface area contributed by atoms with E-state index in [0.717, 1.165) is 11.4 Å². The van der Waals surface area contributed by atoms with Gasteiger partial charge in [0.25, 0.3) is 0 Å². The summed E-state index contributed by atoms with van der Waals surface area (Å²) in [4.78, 5) is 30.2. The van der Waals surface area contributed by atoms with Crippen LogP contribution in [0.5, 0.6) is 0 Å². The van der Waals surface area contributed by atoms with E-state index < -0.39 is 17.4 Å². The summed E-state index contributed by atoms with van der Waals surface area (Å²) in [6.07, 6.45) is 3.54. The van der Waals surface area contributed by atoms with E-state index in [4.69, 9.17) is 9.26 Å². The van der Waals surface area contributed by atoms with Crippen LogP contribution in [0.4, 0.5) is 5.69 Å². The average molecular weight is 421 g/mol. The molecule has 2 amide bonds. The Morgan fingerprint density at radius 2 is 2.06 bits per heavy atom. The lowest BCUT2D eigenvalue weighted by molar-refractivity contribution is -0.139. The Labute approximate surface area is 181 Å². The summed E-state index contributed by atoms with van der Waals surface area (Å²) in [5.41, 5.74) is 2.10. The summed E-state index contributed by atoms with van der Waals surface area (Å²) >= 11 is 0. The lowest BCUT2D eigenvalue weighted by atomic mass is 9.76. The first-order valence-electron chi connectivity index (χ1n) is 10.7. The molecule has 2 bridgehead atoms. The molecule has 3 aliphatic rings. The maximum atomic E-state index is 13.5. The number of amides is 2. The lowest BCUT2D eigenvalue weighted by Crippen LogP contribution is -2.44. The Morgan fingerprint density at radius 1 is 1.32 bits per heavy atom. The van der Waals surface area contributed by atoms with Crippen molar-refractivity contribution >= 4 is 17.5 Å². The second-order valence-corrected chi connectivity index (χ2v) is 9.20. The molecule has 0 aliphatic carbocycles. The van der Waals surface area contributed by atoms with Crippen LogP contribution in [0.25, 0.3) is 0 Å². The van der Waals surface area contributed by atoms with E-state index in [1.807, 2.05) is 37.3 Å².